The maximum absolute atomic E-state index is 13.0. The number of aryl methyl sites for hydroxylation is 1. The number of thioether (sulfide) groups is 1. The van der Waals surface area contributed by atoms with Crippen molar-refractivity contribution in [1.29, 1.82) is 0 Å². The molecular weight excluding hydrogens is 404 g/mol. The summed E-state index contributed by atoms with van der Waals surface area (Å²) in [6.07, 6.45) is 4.48. The van der Waals surface area contributed by atoms with E-state index >= 15 is 0 Å². The van der Waals surface area contributed by atoms with E-state index in [2.05, 4.69) is 10.2 Å². The Morgan fingerprint density at radius 3 is 2.79 bits per heavy atom. The molecule has 3 saturated heterocycles. The molecule has 1 amide bonds. The highest BCUT2D eigenvalue weighted by molar-refractivity contribution is 7.99. The quantitative estimate of drug-likeness (QED) is 0.731. The van der Waals surface area contributed by atoms with Gasteiger partial charge in [-0.2, -0.15) is 0 Å². The van der Waals surface area contributed by atoms with Crippen LogP contribution in [0.5, 0.6) is 0 Å². The second-order valence-electron chi connectivity index (χ2n) is 8.07. The summed E-state index contributed by atoms with van der Waals surface area (Å²) in [6, 6.07) is 3.93. The smallest absolute Gasteiger partial charge is 0.256 e. The summed E-state index contributed by atoms with van der Waals surface area (Å²) in [5.41, 5.74) is 2.74. The minimum atomic E-state index is 0.133. The molecule has 1 aromatic rings. The third-order valence-electron chi connectivity index (χ3n) is 6.01. The number of nitrogens with zero attached hydrogens (tertiary/aromatic N) is 3. The fraction of sp³-hybridized carbons (Fsp3) is 0.667. The highest BCUT2D eigenvalue weighted by Crippen LogP contribution is 2.31. The van der Waals surface area contributed by atoms with Gasteiger partial charge in [-0.25, -0.2) is 0 Å². The number of hydrogen-bond acceptors (Lipinski definition) is 5. The molecule has 4 rings (SSSR count). The SMILES string of the molecule is Cc1ccc(C(=O)N2CCSC2)c(C2CCN(C(=S)NCC3CCCO3)CC2)n1. The van der Waals surface area contributed by atoms with Crippen molar-refractivity contribution in [2.45, 2.75) is 44.6 Å². The molecule has 0 saturated carbocycles. The van der Waals surface area contributed by atoms with Gasteiger partial charge < -0.3 is 19.9 Å². The minimum absolute atomic E-state index is 0.133. The Balaban J connectivity index is 1.37. The molecule has 1 aromatic heterocycles. The van der Waals surface area contributed by atoms with Gasteiger partial charge in [-0.05, 0) is 57.0 Å². The molecule has 0 radical (unpaired) electrons. The molecule has 29 heavy (non-hydrogen) atoms. The van der Waals surface area contributed by atoms with Gasteiger partial charge in [-0.1, -0.05) is 0 Å². The summed E-state index contributed by atoms with van der Waals surface area (Å²) in [7, 11) is 0. The van der Waals surface area contributed by atoms with Gasteiger partial charge in [-0.15, -0.1) is 11.8 Å². The molecule has 0 bridgehead atoms. The van der Waals surface area contributed by atoms with Crippen LogP contribution >= 0.6 is 24.0 Å². The van der Waals surface area contributed by atoms with Crippen molar-refractivity contribution in [3.05, 3.63) is 29.1 Å². The van der Waals surface area contributed by atoms with E-state index in [4.69, 9.17) is 21.9 Å². The number of ether oxygens (including phenoxy) is 1. The van der Waals surface area contributed by atoms with Gasteiger partial charge in [0.1, 0.15) is 0 Å². The second-order valence-corrected chi connectivity index (χ2v) is 9.54. The summed E-state index contributed by atoms with van der Waals surface area (Å²) in [6.45, 7) is 6.29. The first-order valence-corrected chi connectivity index (χ1v) is 12.2. The molecule has 1 N–H and O–H groups in total. The van der Waals surface area contributed by atoms with Crippen LogP contribution < -0.4 is 5.32 Å². The van der Waals surface area contributed by atoms with Gasteiger partial charge in [0, 0.05) is 50.2 Å². The first kappa shape index (κ1) is 20.9. The number of thiocarbonyl (C=S) groups is 1. The molecule has 0 aromatic carbocycles. The van der Waals surface area contributed by atoms with E-state index in [1.165, 1.54) is 0 Å². The molecule has 0 spiro atoms. The van der Waals surface area contributed by atoms with Gasteiger partial charge in [0.25, 0.3) is 5.91 Å². The van der Waals surface area contributed by atoms with Gasteiger partial charge in [0.05, 0.1) is 23.2 Å². The lowest BCUT2D eigenvalue weighted by atomic mass is 9.90. The first-order valence-electron chi connectivity index (χ1n) is 10.6. The summed E-state index contributed by atoms with van der Waals surface area (Å²) >= 11 is 7.42. The van der Waals surface area contributed by atoms with E-state index in [9.17, 15) is 4.79 Å². The largest absolute Gasteiger partial charge is 0.376 e. The monoisotopic (exact) mass is 434 g/mol. The van der Waals surface area contributed by atoms with Crippen LogP contribution in [-0.2, 0) is 4.74 Å². The second kappa shape index (κ2) is 9.62. The lowest BCUT2D eigenvalue weighted by Crippen LogP contribution is -2.46. The van der Waals surface area contributed by atoms with E-state index in [0.29, 0.717) is 12.0 Å². The van der Waals surface area contributed by atoms with E-state index in [1.54, 1.807) is 0 Å². The standard InChI is InChI=1S/C21H30N4O2S2/c1-15-4-5-18(20(26)25-10-12-29-14-25)19(23-15)16-6-8-24(9-7-16)21(28)22-13-17-3-2-11-27-17/h4-5,16-17H,2-3,6-14H2,1H3,(H,22,28). The highest BCUT2D eigenvalue weighted by Gasteiger charge is 2.29. The summed E-state index contributed by atoms with van der Waals surface area (Å²) in [5.74, 6) is 2.25. The van der Waals surface area contributed by atoms with Crippen molar-refractivity contribution in [2.24, 2.45) is 0 Å². The van der Waals surface area contributed by atoms with Crippen LogP contribution in [0.2, 0.25) is 0 Å². The van der Waals surface area contributed by atoms with Crippen LogP contribution in [0.4, 0.5) is 0 Å². The Labute approximate surface area is 182 Å². The number of carbonyl (C=O) groups excluding carboxylic acids is 1. The van der Waals surface area contributed by atoms with Crippen LogP contribution in [0.1, 0.15) is 53.3 Å². The number of amides is 1. The molecule has 3 fully saturated rings. The van der Waals surface area contributed by atoms with Gasteiger partial charge in [-0.3, -0.25) is 9.78 Å². The van der Waals surface area contributed by atoms with E-state index in [-0.39, 0.29) is 5.91 Å². The Hall–Kier alpha value is -1.38. The van der Waals surface area contributed by atoms with Crippen molar-refractivity contribution in [2.75, 3.05) is 44.4 Å². The van der Waals surface area contributed by atoms with Crippen molar-refractivity contribution in [3.8, 4) is 0 Å². The molecule has 4 heterocycles. The maximum Gasteiger partial charge on any atom is 0.256 e. The van der Waals surface area contributed by atoms with Crippen LogP contribution in [0.3, 0.4) is 0 Å². The van der Waals surface area contributed by atoms with Crippen molar-refractivity contribution >= 4 is 35.0 Å². The van der Waals surface area contributed by atoms with Crippen LogP contribution in [0, 0.1) is 6.92 Å². The Morgan fingerprint density at radius 1 is 1.28 bits per heavy atom. The molecule has 8 heteroatoms. The molecule has 0 aliphatic carbocycles. The van der Waals surface area contributed by atoms with Gasteiger partial charge in [0.2, 0.25) is 0 Å². The molecular formula is C21H30N4O2S2. The summed E-state index contributed by atoms with van der Waals surface area (Å²) < 4.78 is 5.67. The number of nitrogens with one attached hydrogen (secondary N) is 1. The van der Waals surface area contributed by atoms with Crippen LogP contribution in [-0.4, -0.2) is 76.3 Å². The molecule has 6 nitrogen and oxygen atoms in total. The van der Waals surface area contributed by atoms with Crippen molar-refractivity contribution in [1.82, 2.24) is 20.1 Å². The number of likely N-dealkylation sites (tertiary alicyclic amines) is 1. The predicted molar refractivity (Wildman–Crippen MR) is 120 cm³/mol. The van der Waals surface area contributed by atoms with Crippen LogP contribution in [0.15, 0.2) is 12.1 Å². The Bertz CT molecular complexity index is 740. The average Bonchev–Trinajstić information content (AvgIpc) is 3.46. The zero-order valence-corrected chi connectivity index (χ0v) is 18.7. The molecule has 1 atom stereocenters. The fourth-order valence-corrected chi connectivity index (χ4v) is 5.50. The molecule has 158 valence electrons. The van der Waals surface area contributed by atoms with Gasteiger partial charge in [0.15, 0.2) is 5.11 Å². The number of rotatable bonds is 4. The third kappa shape index (κ3) is 5.03. The Morgan fingerprint density at radius 2 is 2.10 bits per heavy atom. The van der Waals surface area contributed by atoms with Crippen molar-refractivity contribution in [3.63, 3.8) is 0 Å². The number of pyridine rings is 1. The van der Waals surface area contributed by atoms with Crippen molar-refractivity contribution < 1.29 is 9.53 Å². The maximum atomic E-state index is 13.0. The number of aromatic nitrogens is 1. The third-order valence-corrected chi connectivity index (χ3v) is 7.38. The average molecular weight is 435 g/mol. The summed E-state index contributed by atoms with van der Waals surface area (Å²) in [4.78, 5) is 22.0. The van der Waals surface area contributed by atoms with E-state index < -0.39 is 0 Å². The lowest BCUT2D eigenvalue weighted by Gasteiger charge is -2.34. The fourth-order valence-electron chi connectivity index (χ4n) is 4.29. The lowest BCUT2D eigenvalue weighted by molar-refractivity contribution is 0.0800. The van der Waals surface area contributed by atoms with E-state index in [1.807, 2.05) is 35.7 Å². The van der Waals surface area contributed by atoms with Gasteiger partial charge >= 0.3 is 0 Å². The molecule has 3 aliphatic rings. The normalized spacial score (nSPS) is 22.9. The zero-order valence-electron chi connectivity index (χ0n) is 17.1. The predicted octanol–water partition coefficient (Wildman–Crippen LogP) is 2.77. The summed E-state index contributed by atoms with van der Waals surface area (Å²) in [5, 5.41) is 4.20. The molecule has 1 unspecified atom stereocenters. The number of carbonyl (C=O) groups is 1. The minimum Gasteiger partial charge on any atom is -0.376 e. The number of piperidine rings is 1. The number of hydrogen-bond donors (Lipinski definition) is 1. The van der Waals surface area contributed by atoms with Crippen LogP contribution in [0.25, 0.3) is 0 Å². The topological polar surface area (TPSA) is 57.7 Å². The molecule has 3 aliphatic heterocycles. The highest BCUT2D eigenvalue weighted by atomic mass is 32.2. The zero-order chi connectivity index (χ0) is 20.2. The van der Waals surface area contributed by atoms with E-state index in [0.717, 1.165) is 92.2 Å². The Kier molecular flexibility index (Phi) is 6.92. The first-order chi connectivity index (χ1) is 14.1.